The number of nitro groups is 1. The van der Waals surface area contributed by atoms with Crippen LogP contribution in [0.1, 0.15) is 12.5 Å². The van der Waals surface area contributed by atoms with E-state index in [1.165, 1.54) is 18.2 Å². The van der Waals surface area contributed by atoms with Gasteiger partial charge in [0.05, 0.1) is 10.6 Å². The van der Waals surface area contributed by atoms with Gasteiger partial charge >= 0.3 is 0 Å². The van der Waals surface area contributed by atoms with Crippen molar-refractivity contribution >= 4 is 17.7 Å². The van der Waals surface area contributed by atoms with Gasteiger partial charge in [0.25, 0.3) is 11.6 Å². The summed E-state index contributed by atoms with van der Waals surface area (Å²) in [5.74, 6) is -0.475. The number of likely N-dealkylation sites (N-methyl/N-ethyl adjacent to an activating group) is 1. The number of nitrogens with one attached hydrogen (secondary N) is 1. The Bertz CT molecular complexity index is 1110. The Kier molecular flexibility index (Phi) is 5.80. The highest BCUT2D eigenvalue weighted by Gasteiger charge is 2.15. The molecule has 0 spiro atoms. The average Bonchev–Trinajstić information content (AvgIpc) is 3.16. The molecule has 3 rings (SSSR count). The number of amides is 1. The number of para-hydroxylation sites is 1. The van der Waals surface area contributed by atoms with Crippen molar-refractivity contribution in [1.29, 1.82) is 5.26 Å². The molecular weight excluding hydrogens is 370 g/mol. The van der Waals surface area contributed by atoms with Crippen LogP contribution in [0.2, 0.25) is 0 Å². The number of nitrogens with zero attached hydrogens (tertiary/aromatic N) is 4. The molecule has 0 radical (unpaired) electrons. The van der Waals surface area contributed by atoms with Crippen molar-refractivity contribution < 1.29 is 9.72 Å². The summed E-state index contributed by atoms with van der Waals surface area (Å²) in [5.41, 5.74) is 2.39. The fourth-order valence-electron chi connectivity index (χ4n) is 2.73. The number of hydrogen-bond acceptors (Lipinski definition) is 5. The zero-order valence-corrected chi connectivity index (χ0v) is 15.6. The molecule has 0 aliphatic carbocycles. The largest absolute Gasteiger partial charge is 0.352 e. The van der Waals surface area contributed by atoms with Gasteiger partial charge in [-0.1, -0.05) is 18.2 Å². The molecule has 0 saturated heterocycles. The van der Waals surface area contributed by atoms with Crippen LogP contribution in [-0.4, -0.2) is 27.2 Å². The molecule has 1 aromatic heterocycles. The number of rotatable bonds is 6. The number of carbonyl (C=O) groups excluding carboxylic acids is 1. The van der Waals surface area contributed by atoms with Crippen LogP contribution in [0.25, 0.3) is 23.0 Å². The van der Waals surface area contributed by atoms with E-state index in [0.29, 0.717) is 23.4 Å². The van der Waals surface area contributed by atoms with Crippen molar-refractivity contribution in [2.45, 2.75) is 6.92 Å². The molecule has 0 aliphatic heterocycles. The van der Waals surface area contributed by atoms with Gasteiger partial charge in [0, 0.05) is 36.0 Å². The van der Waals surface area contributed by atoms with Gasteiger partial charge in [-0.25, -0.2) is 4.68 Å². The number of nitro benzene ring substituents is 1. The Balaban J connectivity index is 2.13. The maximum atomic E-state index is 12.1. The molecule has 0 bridgehead atoms. The Morgan fingerprint density at radius 2 is 1.93 bits per heavy atom. The van der Waals surface area contributed by atoms with E-state index in [0.717, 1.165) is 5.69 Å². The number of aromatic nitrogens is 2. The van der Waals surface area contributed by atoms with E-state index < -0.39 is 10.8 Å². The number of nitriles is 1. The molecule has 1 amide bonds. The highest BCUT2D eigenvalue weighted by atomic mass is 16.6. The van der Waals surface area contributed by atoms with E-state index in [1.807, 2.05) is 36.4 Å². The molecule has 0 unspecified atom stereocenters. The molecule has 144 valence electrons. The second kappa shape index (κ2) is 8.63. The first kappa shape index (κ1) is 19.5. The lowest BCUT2D eigenvalue weighted by molar-refractivity contribution is -0.384. The van der Waals surface area contributed by atoms with Crippen LogP contribution in [0.5, 0.6) is 0 Å². The number of hydrogen-bond donors (Lipinski definition) is 1. The van der Waals surface area contributed by atoms with Crippen LogP contribution in [0, 0.1) is 21.4 Å². The van der Waals surface area contributed by atoms with Crippen LogP contribution < -0.4 is 5.32 Å². The van der Waals surface area contributed by atoms with E-state index in [2.05, 4.69) is 10.4 Å². The molecule has 2 aromatic carbocycles. The van der Waals surface area contributed by atoms with Gasteiger partial charge in [0.2, 0.25) is 0 Å². The monoisotopic (exact) mass is 387 g/mol. The predicted molar refractivity (Wildman–Crippen MR) is 108 cm³/mol. The third kappa shape index (κ3) is 4.36. The van der Waals surface area contributed by atoms with Gasteiger partial charge in [0.1, 0.15) is 17.3 Å². The molecule has 0 fully saturated rings. The third-order valence-electron chi connectivity index (χ3n) is 4.12. The Hall–Kier alpha value is -4.25. The zero-order chi connectivity index (χ0) is 20.8. The maximum Gasteiger partial charge on any atom is 0.269 e. The standard InChI is InChI=1S/C21H17N5O3/c1-2-23-21(27)16(13-22)12-17-14-25(18-6-4-3-5-7-18)24-20(17)15-8-10-19(11-9-15)26(28)29/h3-12,14H,2H2,1H3,(H,23,27)/b16-12+. The van der Waals surface area contributed by atoms with Crippen LogP contribution in [-0.2, 0) is 4.79 Å². The Morgan fingerprint density at radius 3 is 2.52 bits per heavy atom. The first-order valence-electron chi connectivity index (χ1n) is 8.83. The predicted octanol–water partition coefficient (Wildman–Crippen LogP) is 3.49. The smallest absolute Gasteiger partial charge is 0.269 e. The van der Waals surface area contributed by atoms with E-state index in [4.69, 9.17) is 0 Å². The molecule has 0 atom stereocenters. The highest BCUT2D eigenvalue weighted by Crippen LogP contribution is 2.27. The van der Waals surface area contributed by atoms with Crippen molar-refractivity contribution in [2.75, 3.05) is 6.54 Å². The van der Waals surface area contributed by atoms with Gasteiger partial charge in [-0.05, 0) is 37.3 Å². The third-order valence-corrected chi connectivity index (χ3v) is 4.12. The minimum atomic E-state index is -0.476. The van der Waals surface area contributed by atoms with Crippen LogP contribution in [0.3, 0.4) is 0 Å². The van der Waals surface area contributed by atoms with Crippen LogP contribution in [0.15, 0.2) is 66.4 Å². The summed E-state index contributed by atoms with van der Waals surface area (Å²) in [5, 5.41) is 27.5. The molecule has 1 heterocycles. The first-order valence-corrected chi connectivity index (χ1v) is 8.83. The Morgan fingerprint density at radius 1 is 1.24 bits per heavy atom. The maximum absolute atomic E-state index is 12.1. The fraction of sp³-hybridized carbons (Fsp3) is 0.0952. The molecule has 3 aromatic rings. The highest BCUT2D eigenvalue weighted by molar-refractivity contribution is 6.02. The number of non-ortho nitro benzene ring substituents is 1. The summed E-state index contributed by atoms with van der Waals surface area (Å²) in [6.07, 6.45) is 3.18. The molecule has 1 N–H and O–H groups in total. The minimum Gasteiger partial charge on any atom is -0.352 e. The second-order valence-corrected chi connectivity index (χ2v) is 6.05. The van der Waals surface area contributed by atoms with E-state index in [-0.39, 0.29) is 11.3 Å². The molecule has 0 saturated carbocycles. The van der Waals surface area contributed by atoms with Crippen molar-refractivity contribution in [2.24, 2.45) is 0 Å². The molecule has 29 heavy (non-hydrogen) atoms. The van der Waals surface area contributed by atoms with E-state index >= 15 is 0 Å². The summed E-state index contributed by atoms with van der Waals surface area (Å²) in [7, 11) is 0. The van der Waals surface area contributed by atoms with Gasteiger partial charge < -0.3 is 5.32 Å². The molecule has 8 heteroatoms. The van der Waals surface area contributed by atoms with Gasteiger partial charge in [0.15, 0.2) is 0 Å². The van der Waals surface area contributed by atoms with Crippen LogP contribution in [0.4, 0.5) is 5.69 Å². The minimum absolute atomic E-state index is 0.0339. The van der Waals surface area contributed by atoms with Crippen molar-refractivity contribution in [3.05, 3.63) is 82.0 Å². The number of carbonyl (C=O) groups is 1. The lowest BCUT2D eigenvalue weighted by Crippen LogP contribution is -2.23. The van der Waals surface area contributed by atoms with Crippen molar-refractivity contribution in [1.82, 2.24) is 15.1 Å². The van der Waals surface area contributed by atoms with Crippen molar-refractivity contribution in [3.63, 3.8) is 0 Å². The lowest BCUT2D eigenvalue weighted by atomic mass is 10.1. The number of benzene rings is 2. The topological polar surface area (TPSA) is 114 Å². The van der Waals surface area contributed by atoms with E-state index in [1.54, 1.807) is 29.9 Å². The fourth-order valence-corrected chi connectivity index (χ4v) is 2.73. The van der Waals surface area contributed by atoms with Crippen LogP contribution >= 0.6 is 0 Å². The molecular formula is C21H17N5O3. The summed E-state index contributed by atoms with van der Waals surface area (Å²) >= 11 is 0. The average molecular weight is 387 g/mol. The van der Waals surface area contributed by atoms with Gasteiger partial charge in [-0.2, -0.15) is 10.4 Å². The Labute approximate surface area is 166 Å². The van der Waals surface area contributed by atoms with Gasteiger partial charge in [-0.3, -0.25) is 14.9 Å². The molecule has 0 aliphatic rings. The zero-order valence-electron chi connectivity index (χ0n) is 15.6. The van der Waals surface area contributed by atoms with E-state index in [9.17, 15) is 20.2 Å². The quantitative estimate of drug-likeness (QED) is 0.301. The SMILES string of the molecule is CCNC(=O)/C(C#N)=C/c1cn(-c2ccccc2)nc1-c1ccc([N+](=O)[O-])cc1. The second-order valence-electron chi connectivity index (χ2n) is 6.05. The first-order chi connectivity index (χ1) is 14.0. The van der Waals surface area contributed by atoms with Crippen molar-refractivity contribution in [3.8, 4) is 23.0 Å². The summed E-state index contributed by atoms with van der Waals surface area (Å²) < 4.78 is 1.63. The normalized spacial score (nSPS) is 11.0. The lowest BCUT2D eigenvalue weighted by Gasteiger charge is -2.01. The summed E-state index contributed by atoms with van der Waals surface area (Å²) in [4.78, 5) is 22.6. The summed E-state index contributed by atoms with van der Waals surface area (Å²) in [6, 6.07) is 17.2. The molecule has 8 nitrogen and oxygen atoms in total. The summed E-state index contributed by atoms with van der Waals surface area (Å²) in [6.45, 7) is 2.17. The van der Waals surface area contributed by atoms with Gasteiger partial charge in [-0.15, -0.1) is 0 Å².